The molecular weight excluding hydrogens is 325 g/mol. The van der Waals surface area contributed by atoms with Gasteiger partial charge in [0.1, 0.15) is 5.40 Å². The van der Waals surface area contributed by atoms with Crippen LogP contribution < -0.4 is 0 Å². The van der Waals surface area contributed by atoms with Crippen LogP contribution in [0.1, 0.15) is 31.9 Å². The topological polar surface area (TPSA) is 89.5 Å². The Balaban J connectivity index is 3.36. The van der Waals surface area contributed by atoms with Gasteiger partial charge in [0.25, 0.3) is 0 Å². The van der Waals surface area contributed by atoms with E-state index in [9.17, 15) is 9.36 Å². The number of rotatable bonds is 9. The van der Waals surface area contributed by atoms with Gasteiger partial charge in [0.05, 0.1) is 31.1 Å². The molecule has 0 saturated carbocycles. The van der Waals surface area contributed by atoms with Crippen molar-refractivity contribution in [2.45, 2.75) is 26.5 Å². The fourth-order valence-corrected chi connectivity index (χ4v) is 4.09. The van der Waals surface area contributed by atoms with Gasteiger partial charge in [0, 0.05) is 16.9 Å². The minimum atomic E-state index is -3.64. The number of carbonyl (C=O) groups excluding carboxylic acids is 1. The van der Waals surface area contributed by atoms with Gasteiger partial charge in [0.15, 0.2) is 5.78 Å². The third-order valence-corrected chi connectivity index (χ3v) is 5.28. The number of furan rings is 1. The van der Waals surface area contributed by atoms with Crippen LogP contribution >= 0.6 is 19.4 Å². The van der Waals surface area contributed by atoms with Gasteiger partial charge in [-0.3, -0.25) is 9.36 Å². The zero-order valence-electron chi connectivity index (χ0n) is 12.7. The lowest BCUT2D eigenvalue weighted by Crippen LogP contribution is -2.01. The van der Waals surface area contributed by atoms with E-state index in [2.05, 4.69) is 0 Å². The molecule has 0 fully saturated rings. The Bertz CT molecular complexity index is 621. The molecule has 0 saturated heterocycles. The molecule has 22 heavy (non-hydrogen) atoms. The van der Waals surface area contributed by atoms with E-state index in [-0.39, 0.29) is 24.3 Å². The molecule has 1 aromatic heterocycles. The average molecular weight is 343 g/mol. The number of thiocyanates is 1. The summed E-state index contributed by atoms with van der Waals surface area (Å²) < 4.78 is 28.8. The van der Waals surface area contributed by atoms with Crippen LogP contribution in [0.15, 0.2) is 23.0 Å². The van der Waals surface area contributed by atoms with Crippen LogP contribution in [0, 0.1) is 10.7 Å². The fraction of sp³-hybridized carbons (Fsp3) is 0.429. The van der Waals surface area contributed by atoms with E-state index in [4.69, 9.17) is 18.7 Å². The fourth-order valence-electron chi connectivity index (χ4n) is 1.78. The number of thioether (sulfide) groups is 1. The lowest BCUT2D eigenvalue weighted by atomic mass is 10.2. The van der Waals surface area contributed by atoms with Crippen molar-refractivity contribution in [3.8, 4) is 5.40 Å². The van der Waals surface area contributed by atoms with Crippen molar-refractivity contribution >= 4 is 30.5 Å². The molecule has 0 amide bonds. The summed E-state index contributed by atoms with van der Waals surface area (Å²) in [7, 11) is -3.64. The molecule has 6 nitrogen and oxygen atoms in total. The lowest BCUT2D eigenvalue weighted by molar-refractivity contribution is -0.112. The quantitative estimate of drug-likeness (QED) is 0.377. The Kier molecular flexibility index (Phi) is 7.63. The molecule has 0 atom stereocenters. The van der Waals surface area contributed by atoms with Crippen molar-refractivity contribution in [3.05, 3.63) is 29.7 Å². The Labute approximate surface area is 134 Å². The molecular formula is C14H18NO5PS. The highest BCUT2D eigenvalue weighted by molar-refractivity contribution is 8.02. The summed E-state index contributed by atoms with van der Waals surface area (Å²) >= 11 is 1.02. The molecule has 0 unspecified atom stereocenters. The average Bonchev–Trinajstić information content (AvgIpc) is 2.90. The predicted molar refractivity (Wildman–Crippen MR) is 85.1 cm³/mol. The second kappa shape index (κ2) is 8.96. The molecule has 0 aliphatic carbocycles. The van der Waals surface area contributed by atoms with E-state index < -0.39 is 7.60 Å². The number of allylic oxidation sites excluding steroid dienone is 1. The van der Waals surface area contributed by atoms with Gasteiger partial charge >= 0.3 is 7.60 Å². The van der Waals surface area contributed by atoms with E-state index in [1.54, 1.807) is 13.8 Å². The predicted octanol–water partition coefficient (Wildman–Crippen LogP) is 4.19. The van der Waals surface area contributed by atoms with Crippen molar-refractivity contribution in [3.63, 3.8) is 0 Å². The lowest BCUT2D eigenvalue weighted by Gasteiger charge is -2.20. The van der Waals surface area contributed by atoms with Crippen molar-refractivity contribution in [2.75, 3.05) is 13.2 Å². The SMILES string of the molecule is CCOP(=O)(OCC)C(=CC(C)=O)c1cocc1CSC#N. The zero-order chi connectivity index (χ0) is 16.6. The van der Waals surface area contributed by atoms with Crippen LogP contribution in [0.4, 0.5) is 0 Å². The van der Waals surface area contributed by atoms with Gasteiger partial charge in [0.2, 0.25) is 0 Å². The highest BCUT2D eigenvalue weighted by Crippen LogP contribution is 2.61. The zero-order valence-corrected chi connectivity index (χ0v) is 14.4. The summed E-state index contributed by atoms with van der Waals surface area (Å²) in [5, 5.41) is 10.8. The number of carbonyl (C=O) groups is 1. The van der Waals surface area contributed by atoms with Crippen molar-refractivity contribution in [1.82, 2.24) is 0 Å². The maximum atomic E-state index is 13.0. The van der Waals surface area contributed by atoms with Gasteiger partial charge in [-0.05, 0) is 38.6 Å². The number of nitriles is 1. The number of nitrogens with zero attached hydrogens (tertiary/aromatic N) is 1. The molecule has 0 aliphatic rings. The van der Waals surface area contributed by atoms with Gasteiger partial charge in [-0.2, -0.15) is 5.26 Å². The van der Waals surface area contributed by atoms with Gasteiger partial charge < -0.3 is 13.5 Å². The second-order valence-corrected chi connectivity index (χ2v) is 6.92. The summed E-state index contributed by atoms with van der Waals surface area (Å²) in [6.07, 6.45) is 4.07. The standard InChI is InChI=1S/C14H18NO5PS/c1-4-19-21(17,20-5-2)14(6-11(3)16)13-8-18-7-12(13)9-22-10-15/h6-8H,4-5,9H2,1-3H3. The minimum absolute atomic E-state index is 0.158. The van der Waals surface area contributed by atoms with Gasteiger partial charge in [-0.25, -0.2) is 0 Å². The highest BCUT2D eigenvalue weighted by atomic mass is 32.2. The second-order valence-electron chi connectivity index (χ2n) is 4.16. The smallest absolute Gasteiger partial charge is 0.362 e. The summed E-state index contributed by atoms with van der Waals surface area (Å²) in [4.78, 5) is 11.5. The number of hydrogen-bond donors (Lipinski definition) is 0. The van der Waals surface area contributed by atoms with E-state index in [0.717, 1.165) is 11.8 Å². The first-order valence-electron chi connectivity index (χ1n) is 6.66. The van der Waals surface area contributed by atoms with Crippen molar-refractivity contribution in [1.29, 1.82) is 5.26 Å². The molecule has 0 aromatic carbocycles. The van der Waals surface area contributed by atoms with Gasteiger partial charge in [-0.1, -0.05) is 0 Å². The molecule has 8 heteroatoms. The Morgan fingerprint density at radius 3 is 2.55 bits per heavy atom. The largest absolute Gasteiger partial charge is 0.472 e. The molecule has 0 spiro atoms. The maximum absolute atomic E-state index is 13.0. The number of hydrogen-bond acceptors (Lipinski definition) is 7. The molecule has 0 aliphatic heterocycles. The van der Waals surface area contributed by atoms with Crippen LogP contribution in [0.5, 0.6) is 0 Å². The first kappa shape index (κ1) is 18.7. The summed E-state index contributed by atoms with van der Waals surface area (Å²) in [6, 6.07) is 0. The Morgan fingerprint density at radius 2 is 2.05 bits per heavy atom. The van der Waals surface area contributed by atoms with Gasteiger partial charge in [-0.15, -0.1) is 0 Å². The van der Waals surface area contributed by atoms with E-state index >= 15 is 0 Å². The molecule has 1 heterocycles. The van der Waals surface area contributed by atoms with Crippen molar-refractivity contribution < 1.29 is 22.8 Å². The third-order valence-electron chi connectivity index (χ3n) is 2.54. The monoisotopic (exact) mass is 343 g/mol. The third kappa shape index (κ3) is 4.85. The van der Waals surface area contributed by atoms with Crippen LogP contribution in [0.2, 0.25) is 0 Å². The first-order valence-corrected chi connectivity index (χ1v) is 9.19. The highest BCUT2D eigenvalue weighted by Gasteiger charge is 2.33. The minimum Gasteiger partial charge on any atom is -0.472 e. The molecule has 1 rings (SSSR count). The maximum Gasteiger partial charge on any atom is 0.362 e. The first-order chi connectivity index (χ1) is 10.5. The summed E-state index contributed by atoms with van der Waals surface area (Å²) in [5.41, 5.74) is 1.11. The van der Waals surface area contributed by atoms with Crippen LogP contribution in [-0.2, 0) is 24.2 Å². The number of ketones is 1. The summed E-state index contributed by atoms with van der Waals surface area (Å²) in [5.74, 6) is 0.0604. The molecule has 1 aromatic rings. The molecule has 0 radical (unpaired) electrons. The van der Waals surface area contributed by atoms with E-state index in [1.165, 1.54) is 25.5 Å². The van der Waals surface area contributed by atoms with E-state index in [0.29, 0.717) is 16.9 Å². The Hall–Kier alpha value is -1.32. The molecule has 120 valence electrons. The molecule has 0 bridgehead atoms. The van der Waals surface area contributed by atoms with Crippen LogP contribution in [0.3, 0.4) is 0 Å². The summed E-state index contributed by atoms with van der Waals surface area (Å²) in [6.45, 7) is 5.09. The molecule has 0 N–H and O–H groups in total. The van der Waals surface area contributed by atoms with Crippen LogP contribution in [-0.4, -0.2) is 19.0 Å². The Morgan fingerprint density at radius 1 is 1.41 bits per heavy atom. The van der Waals surface area contributed by atoms with Crippen LogP contribution in [0.25, 0.3) is 5.31 Å². The van der Waals surface area contributed by atoms with Crippen molar-refractivity contribution in [2.24, 2.45) is 0 Å². The van der Waals surface area contributed by atoms with E-state index in [1.807, 2.05) is 5.40 Å². The normalized spacial score (nSPS) is 12.2.